The Balaban J connectivity index is 1.94. The van der Waals surface area contributed by atoms with E-state index in [0.717, 1.165) is 30.4 Å². The standard InChI is InChI=1S/C17H19NO2S/c1-14-7-5-10-16(13-14)21(19,20)18-17(11-6-12-17)15-8-3-2-4-9-15/h2-5,7-10,13,18H,6,11-12H2,1H3. The molecule has 0 amide bonds. The molecule has 110 valence electrons. The third kappa shape index (κ3) is 2.74. The van der Waals surface area contributed by atoms with Gasteiger partial charge in [-0.2, -0.15) is 0 Å². The Labute approximate surface area is 126 Å². The van der Waals surface area contributed by atoms with Gasteiger partial charge in [-0.1, -0.05) is 42.5 Å². The smallest absolute Gasteiger partial charge is 0.207 e. The largest absolute Gasteiger partial charge is 0.241 e. The van der Waals surface area contributed by atoms with Crippen molar-refractivity contribution in [3.8, 4) is 0 Å². The molecule has 1 aliphatic carbocycles. The third-order valence-corrected chi connectivity index (χ3v) is 5.70. The van der Waals surface area contributed by atoms with Gasteiger partial charge < -0.3 is 0 Å². The lowest BCUT2D eigenvalue weighted by atomic mass is 9.73. The van der Waals surface area contributed by atoms with Crippen molar-refractivity contribution in [2.45, 2.75) is 36.6 Å². The molecule has 1 fully saturated rings. The van der Waals surface area contributed by atoms with E-state index in [2.05, 4.69) is 4.72 Å². The zero-order valence-electron chi connectivity index (χ0n) is 12.0. The van der Waals surface area contributed by atoms with Crippen LogP contribution in [0.3, 0.4) is 0 Å². The number of nitrogens with one attached hydrogen (secondary N) is 1. The molecule has 0 heterocycles. The Hall–Kier alpha value is -1.65. The first kappa shape index (κ1) is 14.3. The van der Waals surface area contributed by atoms with Crippen molar-refractivity contribution in [3.05, 3.63) is 65.7 Å². The molecule has 1 N–H and O–H groups in total. The van der Waals surface area contributed by atoms with Crippen molar-refractivity contribution in [3.63, 3.8) is 0 Å². The average molecular weight is 301 g/mol. The van der Waals surface area contributed by atoms with Gasteiger partial charge in [0.1, 0.15) is 0 Å². The summed E-state index contributed by atoms with van der Waals surface area (Å²) >= 11 is 0. The fourth-order valence-corrected chi connectivity index (χ4v) is 4.39. The van der Waals surface area contributed by atoms with Crippen LogP contribution in [0.4, 0.5) is 0 Å². The maximum atomic E-state index is 12.7. The lowest BCUT2D eigenvalue weighted by Crippen LogP contribution is -2.50. The van der Waals surface area contributed by atoms with Gasteiger partial charge in [-0.3, -0.25) is 0 Å². The topological polar surface area (TPSA) is 46.2 Å². The molecule has 0 aromatic heterocycles. The minimum Gasteiger partial charge on any atom is -0.207 e. The van der Waals surface area contributed by atoms with Crippen LogP contribution in [0.5, 0.6) is 0 Å². The molecule has 2 aromatic rings. The lowest BCUT2D eigenvalue weighted by molar-refractivity contribution is 0.224. The van der Waals surface area contributed by atoms with Crippen LogP contribution in [0.25, 0.3) is 0 Å². The molecule has 3 rings (SSSR count). The second kappa shape index (κ2) is 5.28. The second-order valence-corrected chi connectivity index (χ2v) is 7.41. The lowest BCUT2D eigenvalue weighted by Gasteiger charge is -2.42. The Morgan fingerprint density at radius 3 is 2.29 bits per heavy atom. The van der Waals surface area contributed by atoms with Gasteiger partial charge in [0.25, 0.3) is 0 Å². The molecule has 0 spiro atoms. The predicted octanol–water partition coefficient (Wildman–Crippen LogP) is 3.35. The van der Waals surface area contributed by atoms with E-state index in [1.807, 2.05) is 43.3 Å². The van der Waals surface area contributed by atoms with Gasteiger partial charge >= 0.3 is 0 Å². The normalized spacial score (nSPS) is 17.2. The van der Waals surface area contributed by atoms with E-state index in [9.17, 15) is 8.42 Å². The van der Waals surface area contributed by atoms with Gasteiger partial charge in [-0.25, -0.2) is 13.1 Å². The highest BCUT2D eigenvalue weighted by atomic mass is 32.2. The molecule has 0 aliphatic heterocycles. The van der Waals surface area contributed by atoms with Gasteiger partial charge in [0.05, 0.1) is 10.4 Å². The van der Waals surface area contributed by atoms with Gasteiger partial charge in [0, 0.05) is 0 Å². The third-order valence-electron chi connectivity index (χ3n) is 4.16. The molecule has 3 nitrogen and oxygen atoms in total. The zero-order chi connectivity index (χ0) is 14.9. The molecule has 0 unspecified atom stereocenters. The van der Waals surface area contributed by atoms with Gasteiger partial charge in [0.15, 0.2) is 0 Å². The molecule has 4 heteroatoms. The minimum atomic E-state index is -3.50. The summed E-state index contributed by atoms with van der Waals surface area (Å²) in [6.45, 7) is 1.90. The van der Waals surface area contributed by atoms with E-state index in [-0.39, 0.29) is 0 Å². The first-order valence-electron chi connectivity index (χ1n) is 7.18. The van der Waals surface area contributed by atoms with Crippen LogP contribution in [-0.2, 0) is 15.6 Å². The summed E-state index contributed by atoms with van der Waals surface area (Å²) in [6.07, 6.45) is 2.75. The van der Waals surface area contributed by atoms with Crippen molar-refractivity contribution < 1.29 is 8.42 Å². The van der Waals surface area contributed by atoms with Crippen LogP contribution >= 0.6 is 0 Å². The van der Waals surface area contributed by atoms with Gasteiger partial charge in [0.2, 0.25) is 10.0 Å². The number of rotatable bonds is 4. The predicted molar refractivity (Wildman–Crippen MR) is 83.5 cm³/mol. The molecular formula is C17H19NO2S. The fourth-order valence-electron chi connectivity index (χ4n) is 2.84. The summed E-state index contributed by atoms with van der Waals surface area (Å²) in [5.41, 5.74) is 1.55. The van der Waals surface area contributed by atoms with Gasteiger partial charge in [-0.15, -0.1) is 0 Å². The Morgan fingerprint density at radius 1 is 1.00 bits per heavy atom. The molecule has 2 aromatic carbocycles. The Kier molecular flexibility index (Phi) is 3.59. The van der Waals surface area contributed by atoms with Crippen LogP contribution in [-0.4, -0.2) is 8.42 Å². The summed E-state index contributed by atoms with van der Waals surface area (Å²) < 4.78 is 28.2. The number of sulfonamides is 1. The molecule has 0 bridgehead atoms. The van der Waals surface area contributed by atoms with Crippen LogP contribution in [0.15, 0.2) is 59.5 Å². The number of benzene rings is 2. The van der Waals surface area contributed by atoms with E-state index in [1.165, 1.54) is 0 Å². The van der Waals surface area contributed by atoms with E-state index in [1.54, 1.807) is 18.2 Å². The SMILES string of the molecule is Cc1cccc(S(=O)(=O)NC2(c3ccccc3)CCC2)c1. The van der Waals surface area contributed by atoms with Crippen LogP contribution in [0.1, 0.15) is 30.4 Å². The summed E-state index contributed by atoms with van der Waals surface area (Å²) in [7, 11) is -3.50. The second-order valence-electron chi connectivity index (χ2n) is 5.72. The fraction of sp³-hybridized carbons (Fsp3) is 0.294. The van der Waals surface area contributed by atoms with Gasteiger partial charge in [-0.05, 0) is 49.4 Å². The molecule has 21 heavy (non-hydrogen) atoms. The summed E-state index contributed by atoms with van der Waals surface area (Å²) in [5, 5.41) is 0. The number of hydrogen-bond donors (Lipinski definition) is 1. The molecule has 1 aliphatic rings. The average Bonchev–Trinajstić information content (AvgIpc) is 2.44. The first-order chi connectivity index (χ1) is 10.0. The highest BCUT2D eigenvalue weighted by molar-refractivity contribution is 7.89. The monoisotopic (exact) mass is 301 g/mol. The van der Waals surface area contributed by atoms with Crippen LogP contribution < -0.4 is 4.72 Å². The highest BCUT2D eigenvalue weighted by Gasteiger charge is 2.42. The van der Waals surface area contributed by atoms with Crippen molar-refractivity contribution in [1.29, 1.82) is 0 Å². The molecule has 0 saturated heterocycles. The maximum Gasteiger partial charge on any atom is 0.241 e. The number of aryl methyl sites for hydroxylation is 1. The van der Waals surface area contributed by atoms with Crippen molar-refractivity contribution in [1.82, 2.24) is 4.72 Å². The maximum absolute atomic E-state index is 12.7. The molecule has 0 atom stereocenters. The van der Waals surface area contributed by atoms with E-state index >= 15 is 0 Å². The van der Waals surface area contributed by atoms with Crippen LogP contribution in [0, 0.1) is 6.92 Å². The Bertz CT molecular complexity index is 734. The molecule has 0 radical (unpaired) electrons. The number of hydrogen-bond acceptors (Lipinski definition) is 2. The van der Waals surface area contributed by atoms with E-state index in [4.69, 9.17) is 0 Å². The quantitative estimate of drug-likeness (QED) is 0.941. The zero-order valence-corrected chi connectivity index (χ0v) is 12.9. The van der Waals surface area contributed by atoms with Crippen molar-refractivity contribution >= 4 is 10.0 Å². The highest BCUT2D eigenvalue weighted by Crippen LogP contribution is 2.42. The van der Waals surface area contributed by atoms with E-state index < -0.39 is 15.6 Å². The summed E-state index contributed by atoms with van der Waals surface area (Å²) in [6, 6.07) is 16.9. The molecule has 1 saturated carbocycles. The van der Waals surface area contributed by atoms with Crippen LogP contribution in [0.2, 0.25) is 0 Å². The summed E-state index contributed by atoms with van der Waals surface area (Å²) in [4.78, 5) is 0.338. The van der Waals surface area contributed by atoms with Crippen molar-refractivity contribution in [2.75, 3.05) is 0 Å². The summed E-state index contributed by atoms with van der Waals surface area (Å²) in [5.74, 6) is 0. The molecular weight excluding hydrogens is 282 g/mol. The first-order valence-corrected chi connectivity index (χ1v) is 8.66. The Morgan fingerprint density at radius 2 is 1.71 bits per heavy atom. The van der Waals surface area contributed by atoms with E-state index in [0.29, 0.717) is 4.90 Å². The minimum absolute atomic E-state index is 0.338. The van der Waals surface area contributed by atoms with Crippen molar-refractivity contribution in [2.24, 2.45) is 0 Å².